The monoisotopic (exact) mass is 473 g/mol. The number of hydrogen-bond acceptors (Lipinski definition) is 6. The Morgan fingerprint density at radius 1 is 1.18 bits per heavy atom. The predicted octanol–water partition coefficient (Wildman–Crippen LogP) is 5.04. The average Bonchev–Trinajstić information content (AvgIpc) is 3.36. The fraction of sp³-hybridized carbons (Fsp3) is 0.280. The van der Waals surface area contributed by atoms with Crippen molar-refractivity contribution < 1.29 is 4.79 Å². The van der Waals surface area contributed by atoms with E-state index in [0.717, 1.165) is 70.4 Å². The number of nitrogens with zero attached hydrogens (tertiary/aromatic N) is 4. The zero-order valence-electron chi connectivity index (χ0n) is 19.5. The molecule has 1 aliphatic rings. The molecule has 0 fully saturated rings. The number of aromatic nitrogens is 4. The van der Waals surface area contributed by atoms with Gasteiger partial charge in [-0.25, -0.2) is 19.4 Å². The van der Waals surface area contributed by atoms with Crippen molar-refractivity contribution in [3.63, 3.8) is 0 Å². The lowest BCUT2D eigenvalue weighted by atomic mass is 10.0. The number of thiazole rings is 1. The molecule has 0 radical (unpaired) electrons. The van der Waals surface area contributed by atoms with E-state index in [4.69, 9.17) is 10.1 Å². The van der Waals surface area contributed by atoms with Gasteiger partial charge < -0.3 is 10.6 Å². The SMILES string of the molecule is CCNc1ccc(-c2nn(-c3ccccc3C)c3c2CCCc2nc(NC(=O)NC)sc2-3)cn1. The highest BCUT2D eigenvalue weighted by atomic mass is 32.1. The Bertz CT molecular complexity index is 1340. The molecule has 174 valence electrons. The van der Waals surface area contributed by atoms with Crippen LogP contribution in [0.2, 0.25) is 0 Å². The summed E-state index contributed by atoms with van der Waals surface area (Å²) in [6.07, 6.45) is 4.59. The van der Waals surface area contributed by atoms with E-state index in [1.165, 1.54) is 16.9 Å². The van der Waals surface area contributed by atoms with Crippen LogP contribution in [0.15, 0.2) is 42.6 Å². The summed E-state index contributed by atoms with van der Waals surface area (Å²) in [5.41, 5.74) is 7.34. The first-order chi connectivity index (χ1) is 16.6. The molecule has 0 aliphatic heterocycles. The summed E-state index contributed by atoms with van der Waals surface area (Å²) >= 11 is 1.50. The van der Waals surface area contributed by atoms with Crippen LogP contribution in [0, 0.1) is 6.92 Å². The summed E-state index contributed by atoms with van der Waals surface area (Å²) in [5.74, 6) is 0.852. The van der Waals surface area contributed by atoms with Gasteiger partial charge in [0.2, 0.25) is 0 Å². The fourth-order valence-corrected chi connectivity index (χ4v) is 5.36. The molecule has 0 spiro atoms. The Morgan fingerprint density at radius 2 is 2.03 bits per heavy atom. The van der Waals surface area contributed by atoms with E-state index in [9.17, 15) is 4.79 Å². The van der Waals surface area contributed by atoms with E-state index < -0.39 is 0 Å². The minimum absolute atomic E-state index is 0.274. The minimum Gasteiger partial charge on any atom is -0.370 e. The molecule has 1 aliphatic carbocycles. The van der Waals surface area contributed by atoms with Gasteiger partial charge in [-0.15, -0.1) is 0 Å². The van der Waals surface area contributed by atoms with E-state index in [2.05, 4.69) is 53.0 Å². The average molecular weight is 474 g/mol. The Balaban J connectivity index is 1.71. The topological polar surface area (TPSA) is 96.8 Å². The molecule has 0 saturated carbocycles. The van der Waals surface area contributed by atoms with E-state index in [1.54, 1.807) is 7.05 Å². The molecule has 3 N–H and O–H groups in total. The number of amides is 2. The second kappa shape index (κ2) is 9.26. The second-order valence-corrected chi connectivity index (χ2v) is 9.19. The lowest BCUT2D eigenvalue weighted by Gasteiger charge is -2.10. The quantitative estimate of drug-likeness (QED) is 0.377. The molecule has 3 heterocycles. The summed E-state index contributed by atoms with van der Waals surface area (Å²) in [6, 6.07) is 12.1. The smallest absolute Gasteiger partial charge is 0.320 e. The van der Waals surface area contributed by atoms with E-state index in [1.807, 2.05) is 29.1 Å². The van der Waals surface area contributed by atoms with Crippen molar-refractivity contribution in [1.82, 2.24) is 25.1 Å². The lowest BCUT2D eigenvalue weighted by molar-refractivity contribution is 0.254. The number of carbonyl (C=O) groups is 1. The molecule has 2 amide bonds. The van der Waals surface area contributed by atoms with Gasteiger partial charge in [-0.3, -0.25) is 5.32 Å². The van der Waals surface area contributed by atoms with Crippen molar-refractivity contribution in [2.24, 2.45) is 0 Å². The number of hydrogen-bond donors (Lipinski definition) is 3. The number of rotatable bonds is 5. The number of aryl methyl sites for hydroxylation is 2. The maximum atomic E-state index is 11.9. The molecule has 0 saturated heterocycles. The van der Waals surface area contributed by atoms with Crippen molar-refractivity contribution in [1.29, 1.82) is 0 Å². The molecule has 0 bridgehead atoms. The summed E-state index contributed by atoms with van der Waals surface area (Å²) in [6.45, 7) is 4.97. The van der Waals surface area contributed by atoms with Crippen LogP contribution in [0.5, 0.6) is 0 Å². The molecule has 4 aromatic rings. The zero-order valence-corrected chi connectivity index (χ0v) is 20.3. The largest absolute Gasteiger partial charge is 0.370 e. The number of urea groups is 1. The third-order valence-electron chi connectivity index (χ3n) is 5.92. The maximum absolute atomic E-state index is 11.9. The highest BCUT2D eigenvalue weighted by molar-refractivity contribution is 7.19. The van der Waals surface area contributed by atoms with Crippen molar-refractivity contribution in [3.05, 3.63) is 59.4 Å². The number of anilines is 2. The van der Waals surface area contributed by atoms with Gasteiger partial charge in [0.1, 0.15) is 5.82 Å². The second-order valence-electron chi connectivity index (χ2n) is 8.19. The van der Waals surface area contributed by atoms with Gasteiger partial charge in [-0.2, -0.15) is 5.10 Å². The van der Waals surface area contributed by atoms with Crippen LogP contribution in [0.3, 0.4) is 0 Å². The highest BCUT2D eigenvalue weighted by Gasteiger charge is 2.29. The normalized spacial score (nSPS) is 12.4. The molecule has 3 aromatic heterocycles. The lowest BCUT2D eigenvalue weighted by Crippen LogP contribution is -2.24. The number of carbonyl (C=O) groups excluding carboxylic acids is 1. The number of pyridine rings is 1. The first-order valence-corrected chi connectivity index (χ1v) is 12.3. The van der Waals surface area contributed by atoms with Crippen LogP contribution in [0.25, 0.3) is 27.5 Å². The van der Waals surface area contributed by atoms with Crippen LogP contribution in [-0.2, 0) is 12.8 Å². The Labute approximate surface area is 202 Å². The molecule has 9 heteroatoms. The van der Waals surface area contributed by atoms with Gasteiger partial charge in [0.05, 0.1) is 27.6 Å². The van der Waals surface area contributed by atoms with Crippen molar-refractivity contribution in [2.75, 3.05) is 24.2 Å². The predicted molar refractivity (Wildman–Crippen MR) is 137 cm³/mol. The third kappa shape index (κ3) is 4.03. The van der Waals surface area contributed by atoms with E-state index >= 15 is 0 Å². The van der Waals surface area contributed by atoms with E-state index in [-0.39, 0.29) is 6.03 Å². The van der Waals surface area contributed by atoms with Gasteiger partial charge in [-0.05, 0) is 56.9 Å². The first-order valence-electron chi connectivity index (χ1n) is 11.5. The molecular formula is C25H27N7OS. The summed E-state index contributed by atoms with van der Waals surface area (Å²) in [4.78, 5) is 22.3. The third-order valence-corrected chi connectivity index (χ3v) is 6.94. The molecular weight excluding hydrogens is 446 g/mol. The Kier molecular flexibility index (Phi) is 6.02. The van der Waals surface area contributed by atoms with Gasteiger partial charge in [0.25, 0.3) is 0 Å². The number of para-hydroxylation sites is 1. The van der Waals surface area contributed by atoms with Crippen LogP contribution in [0.1, 0.15) is 30.2 Å². The molecule has 5 rings (SSSR count). The standard InChI is InChI=1S/C25H27N7OS/c1-4-27-20-13-12-16(14-28-20)21-17-9-7-10-18-23(34-25(29-18)30-24(33)26-3)22(17)32(31-21)19-11-6-5-8-15(19)2/h5-6,8,11-14H,4,7,9-10H2,1-3H3,(H,27,28)(H2,26,29,30,33). The van der Waals surface area contributed by atoms with Crippen molar-refractivity contribution >= 4 is 28.3 Å². The Morgan fingerprint density at radius 3 is 2.76 bits per heavy atom. The van der Waals surface area contributed by atoms with Gasteiger partial charge in [0.15, 0.2) is 5.13 Å². The minimum atomic E-state index is -0.274. The van der Waals surface area contributed by atoms with Gasteiger partial charge in [-0.1, -0.05) is 29.5 Å². The zero-order chi connectivity index (χ0) is 23.7. The molecule has 0 unspecified atom stereocenters. The van der Waals surface area contributed by atoms with Crippen LogP contribution in [-0.4, -0.2) is 39.4 Å². The highest BCUT2D eigenvalue weighted by Crippen LogP contribution is 2.43. The molecule has 8 nitrogen and oxygen atoms in total. The number of benzene rings is 1. The van der Waals surface area contributed by atoms with Crippen molar-refractivity contribution in [2.45, 2.75) is 33.1 Å². The molecule has 0 atom stereocenters. The summed E-state index contributed by atoms with van der Waals surface area (Å²) < 4.78 is 2.05. The molecule has 34 heavy (non-hydrogen) atoms. The van der Waals surface area contributed by atoms with Gasteiger partial charge >= 0.3 is 6.03 Å². The number of nitrogens with one attached hydrogen (secondary N) is 3. The first kappa shape index (κ1) is 22.1. The van der Waals surface area contributed by atoms with Crippen LogP contribution in [0.4, 0.5) is 15.7 Å². The Hall–Kier alpha value is -3.72. The summed E-state index contributed by atoms with van der Waals surface area (Å²) in [7, 11) is 1.60. The maximum Gasteiger partial charge on any atom is 0.320 e. The van der Waals surface area contributed by atoms with Crippen LogP contribution >= 0.6 is 11.3 Å². The summed E-state index contributed by atoms with van der Waals surface area (Å²) in [5, 5.41) is 14.4. The fourth-order valence-electron chi connectivity index (χ4n) is 4.30. The van der Waals surface area contributed by atoms with Gasteiger partial charge in [0, 0.05) is 30.9 Å². The number of fused-ring (bicyclic) bond motifs is 3. The van der Waals surface area contributed by atoms with Crippen molar-refractivity contribution in [3.8, 4) is 27.5 Å². The molecule has 1 aromatic carbocycles. The van der Waals surface area contributed by atoms with E-state index in [0.29, 0.717) is 5.13 Å². The van der Waals surface area contributed by atoms with Crippen LogP contribution < -0.4 is 16.0 Å².